The third-order valence-corrected chi connectivity index (χ3v) is 4.19. The second-order valence-corrected chi connectivity index (χ2v) is 6.17. The highest BCUT2D eigenvalue weighted by Gasteiger charge is 2.22. The Balaban J connectivity index is 1.46. The summed E-state index contributed by atoms with van der Waals surface area (Å²) in [6.45, 7) is 3.65. The molecular formula is C19H31NO5. The Bertz CT molecular complexity index is 446. The monoisotopic (exact) mass is 353 g/mol. The Morgan fingerprint density at radius 3 is 2.00 bits per heavy atom. The van der Waals surface area contributed by atoms with E-state index in [9.17, 15) is 0 Å². The maximum Gasteiger partial charge on any atom is 0.119 e. The fourth-order valence-electron chi connectivity index (χ4n) is 2.79. The molecule has 6 nitrogen and oxygen atoms in total. The van der Waals surface area contributed by atoms with E-state index in [4.69, 9.17) is 29.4 Å². The first-order valence-electron chi connectivity index (χ1n) is 9.06. The van der Waals surface area contributed by atoms with Gasteiger partial charge in [0.2, 0.25) is 0 Å². The summed E-state index contributed by atoms with van der Waals surface area (Å²) >= 11 is 0. The predicted molar refractivity (Wildman–Crippen MR) is 97.0 cm³/mol. The van der Waals surface area contributed by atoms with Crippen molar-refractivity contribution in [2.75, 3.05) is 52.5 Å². The van der Waals surface area contributed by atoms with Gasteiger partial charge < -0.3 is 29.4 Å². The van der Waals surface area contributed by atoms with Gasteiger partial charge in [0.05, 0.1) is 51.8 Å². The molecule has 0 heterocycles. The van der Waals surface area contributed by atoms with E-state index in [0.717, 1.165) is 37.1 Å². The van der Waals surface area contributed by atoms with Gasteiger partial charge in [-0.25, -0.2) is 0 Å². The molecule has 0 aliphatic heterocycles. The number of rotatable bonds is 12. The van der Waals surface area contributed by atoms with Crippen LogP contribution in [0.4, 0.5) is 5.69 Å². The van der Waals surface area contributed by atoms with Crippen molar-refractivity contribution in [3.63, 3.8) is 0 Å². The van der Waals surface area contributed by atoms with Crippen molar-refractivity contribution >= 4 is 5.69 Å². The molecule has 1 fully saturated rings. The molecule has 0 amide bonds. The number of nitrogens with two attached hydrogens (primary N) is 1. The van der Waals surface area contributed by atoms with E-state index in [1.54, 1.807) is 7.11 Å². The number of ether oxygens (including phenoxy) is 5. The molecule has 6 heteroatoms. The molecule has 1 saturated carbocycles. The van der Waals surface area contributed by atoms with E-state index in [1.807, 2.05) is 24.3 Å². The van der Waals surface area contributed by atoms with Crippen molar-refractivity contribution < 1.29 is 23.7 Å². The third-order valence-electron chi connectivity index (χ3n) is 4.19. The molecular weight excluding hydrogens is 322 g/mol. The summed E-state index contributed by atoms with van der Waals surface area (Å²) < 4.78 is 27.6. The molecule has 1 aliphatic rings. The predicted octanol–water partition coefficient (Wildman–Crippen LogP) is 2.66. The Labute approximate surface area is 150 Å². The fraction of sp³-hybridized carbons (Fsp3) is 0.684. The second-order valence-electron chi connectivity index (χ2n) is 6.17. The smallest absolute Gasteiger partial charge is 0.119 e. The van der Waals surface area contributed by atoms with Crippen molar-refractivity contribution in [3.05, 3.63) is 24.3 Å². The van der Waals surface area contributed by atoms with E-state index >= 15 is 0 Å². The number of anilines is 1. The zero-order valence-electron chi connectivity index (χ0n) is 15.2. The lowest BCUT2D eigenvalue weighted by Crippen LogP contribution is -2.29. The molecule has 25 heavy (non-hydrogen) atoms. The third kappa shape index (κ3) is 8.54. The SMILES string of the molecule is COCCOCCOCCOC1CCC(Oc2ccc(N)cc2)CC1. The summed E-state index contributed by atoms with van der Waals surface area (Å²) in [4.78, 5) is 0. The van der Waals surface area contributed by atoms with Gasteiger partial charge in [0.25, 0.3) is 0 Å². The highest BCUT2D eigenvalue weighted by atomic mass is 16.6. The molecule has 1 aromatic rings. The Morgan fingerprint density at radius 2 is 1.36 bits per heavy atom. The minimum atomic E-state index is 0.268. The van der Waals surface area contributed by atoms with Crippen LogP contribution in [-0.4, -0.2) is 59.0 Å². The summed E-state index contributed by atoms with van der Waals surface area (Å²) in [6, 6.07) is 7.59. The van der Waals surface area contributed by atoms with Crippen LogP contribution in [0.1, 0.15) is 25.7 Å². The average molecular weight is 353 g/mol. The van der Waals surface area contributed by atoms with E-state index in [2.05, 4.69) is 0 Å². The molecule has 0 bridgehead atoms. The van der Waals surface area contributed by atoms with Gasteiger partial charge in [-0.3, -0.25) is 0 Å². The van der Waals surface area contributed by atoms with Crippen LogP contribution >= 0.6 is 0 Å². The lowest BCUT2D eigenvalue weighted by molar-refractivity contribution is -0.0350. The van der Waals surface area contributed by atoms with Gasteiger partial charge in [0.15, 0.2) is 0 Å². The minimum absolute atomic E-state index is 0.268. The van der Waals surface area contributed by atoms with Crippen LogP contribution in [0.25, 0.3) is 0 Å². The molecule has 1 aromatic carbocycles. The van der Waals surface area contributed by atoms with Crippen LogP contribution in [0, 0.1) is 0 Å². The number of hydrogen-bond donors (Lipinski definition) is 1. The Hall–Kier alpha value is -1.34. The van der Waals surface area contributed by atoms with Gasteiger partial charge in [-0.2, -0.15) is 0 Å². The summed E-state index contributed by atoms with van der Waals surface area (Å²) in [5, 5.41) is 0. The molecule has 0 saturated heterocycles. The van der Waals surface area contributed by atoms with Crippen LogP contribution in [0.15, 0.2) is 24.3 Å². The Morgan fingerprint density at radius 1 is 0.800 bits per heavy atom. The summed E-state index contributed by atoms with van der Waals surface area (Å²) in [6.07, 6.45) is 4.67. The fourth-order valence-corrected chi connectivity index (χ4v) is 2.79. The normalized spacial score (nSPS) is 20.5. The molecule has 0 aromatic heterocycles. The first-order chi connectivity index (χ1) is 12.3. The second kappa shape index (κ2) is 12.1. The van der Waals surface area contributed by atoms with Gasteiger partial charge in [-0.05, 0) is 49.9 Å². The van der Waals surface area contributed by atoms with Crippen molar-refractivity contribution in [1.82, 2.24) is 0 Å². The summed E-state index contributed by atoms with van der Waals surface area (Å²) in [7, 11) is 1.66. The molecule has 2 rings (SSSR count). The summed E-state index contributed by atoms with van der Waals surface area (Å²) in [5.74, 6) is 0.889. The standard InChI is InChI=1S/C19H31NO5/c1-21-10-11-22-12-13-23-14-15-24-17-6-8-19(9-7-17)25-18-4-2-16(20)3-5-18/h2-5,17,19H,6-15,20H2,1H3. The zero-order chi connectivity index (χ0) is 17.7. The molecule has 0 spiro atoms. The maximum absolute atomic E-state index is 6.00. The molecule has 0 atom stereocenters. The van der Waals surface area contributed by atoms with Crippen molar-refractivity contribution in [2.24, 2.45) is 0 Å². The van der Waals surface area contributed by atoms with Crippen molar-refractivity contribution in [1.29, 1.82) is 0 Å². The maximum atomic E-state index is 6.00. The minimum Gasteiger partial charge on any atom is -0.490 e. The van der Waals surface area contributed by atoms with Gasteiger partial charge in [-0.15, -0.1) is 0 Å². The molecule has 2 N–H and O–H groups in total. The Kier molecular flexibility index (Phi) is 9.66. The lowest BCUT2D eigenvalue weighted by atomic mass is 9.95. The highest BCUT2D eigenvalue weighted by Crippen LogP contribution is 2.25. The number of methoxy groups -OCH3 is 1. The highest BCUT2D eigenvalue weighted by molar-refractivity contribution is 5.41. The molecule has 0 unspecified atom stereocenters. The quantitative estimate of drug-likeness (QED) is 0.460. The van der Waals surface area contributed by atoms with Crippen molar-refractivity contribution in [2.45, 2.75) is 37.9 Å². The number of benzene rings is 1. The van der Waals surface area contributed by atoms with Gasteiger partial charge >= 0.3 is 0 Å². The topological polar surface area (TPSA) is 72.2 Å². The zero-order valence-corrected chi connectivity index (χ0v) is 15.2. The number of hydrogen-bond acceptors (Lipinski definition) is 6. The van der Waals surface area contributed by atoms with E-state index in [-0.39, 0.29) is 6.10 Å². The van der Waals surface area contributed by atoms with Crippen LogP contribution < -0.4 is 10.5 Å². The van der Waals surface area contributed by atoms with Gasteiger partial charge in [-0.1, -0.05) is 0 Å². The van der Waals surface area contributed by atoms with E-state index in [0.29, 0.717) is 45.7 Å². The van der Waals surface area contributed by atoms with Gasteiger partial charge in [0.1, 0.15) is 5.75 Å². The first kappa shape index (κ1) is 20.0. The molecule has 142 valence electrons. The van der Waals surface area contributed by atoms with Crippen molar-refractivity contribution in [3.8, 4) is 5.75 Å². The summed E-state index contributed by atoms with van der Waals surface area (Å²) in [5.41, 5.74) is 6.45. The van der Waals surface area contributed by atoms with E-state index in [1.165, 1.54) is 0 Å². The largest absolute Gasteiger partial charge is 0.490 e. The lowest BCUT2D eigenvalue weighted by Gasteiger charge is -2.29. The van der Waals surface area contributed by atoms with Crippen LogP contribution in [0.2, 0.25) is 0 Å². The van der Waals surface area contributed by atoms with Crippen LogP contribution in [0.3, 0.4) is 0 Å². The molecule has 0 radical (unpaired) electrons. The van der Waals surface area contributed by atoms with Crippen LogP contribution in [0.5, 0.6) is 5.75 Å². The molecule has 1 aliphatic carbocycles. The van der Waals surface area contributed by atoms with Crippen LogP contribution in [-0.2, 0) is 18.9 Å². The number of nitrogen functional groups attached to an aromatic ring is 1. The van der Waals surface area contributed by atoms with E-state index < -0.39 is 0 Å². The van der Waals surface area contributed by atoms with Gasteiger partial charge in [0, 0.05) is 12.8 Å². The first-order valence-corrected chi connectivity index (χ1v) is 9.06. The average Bonchev–Trinajstić information content (AvgIpc) is 2.63.